The van der Waals surface area contributed by atoms with Crippen molar-refractivity contribution in [3.8, 4) is 0 Å². The zero-order chi connectivity index (χ0) is 15.4. The van der Waals surface area contributed by atoms with Gasteiger partial charge in [-0.2, -0.15) is 0 Å². The largest absolute Gasteiger partial charge is 0.346 e. The highest BCUT2D eigenvalue weighted by Gasteiger charge is 2.13. The average Bonchev–Trinajstić information content (AvgIpc) is 2.46. The van der Waals surface area contributed by atoms with Gasteiger partial charge in [0.25, 0.3) is 5.91 Å². The summed E-state index contributed by atoms with van der Waals surface area (Å²) in [5.41, 5.74) is 3.31. The van der Waals surface area contributed by atoms with Gasteiger partial charge in [-0.05, 0) is 36.8 Å². The van der Waals surface area contributed by atoms with Gasteiger partial charge in [0.05, 0.1) is 6.04 Å². The van der Waals surface area contributed by atoms with E-state index in [-0.39, 0.29) is 28.7 Å². The van der Waals surface area contributed by atoms with Crippen LogP contribution in [0.2, 0.25) is 5.15 Å². The van der Waals surface area contributed by atoms with Crippen LogP contribution < -0.4 is 16.6 Å². The molecule has 110 valence electrons. The Morgan fingerprint density at radius 3 is 2.81 bits per heavy atom. The molecular formula is C14H14ClFN4O. The highest BCUT2D eigenvalue weighted by molar-refractivity contribution is 6.29. The molecule has 4 N–H and O–H groups in total. The second-order valence-corrected chi connectivity index (χ2v) is 4.85. The quantitative estimate of drug-likeness (QED) is 0.461. The minimum atomic E-state index is -0.354. The zero-order valence-corrected chi connectivity index (χ0v) is 12.0. The predicted molar refractivity (Wildman–Crippen MR) is 79.3 cm³/mol. The lowest BCUT2D eigenvalue weighted by Crippen LogP contribution is -2.27. The Morgan fingerprint density at radius 1 is 1.38 bits per heavy atom. The van der Waals surface area contributed by atoms with Crippen LogP contribution in [0, 0.1) is 5.82 Å². The molecule has 0 saturated carbocycles. The van der Waals surface area contributed by atoms with Crippen LogP contribution in [-0.4, -0.2) is 10.9 Å². The number of amides is 1. The summed E-state index contributed by atoms with van der Waals surface area (Å²) >= 11 is 5.81. The van der Waals surface area contributed by atoms with Gasteiger partial charge in [-0.3, -0.25) is 4.79 Å². The van der Waals surface area contributed by atoms with Gasteiger partial charge in [0.1, 0.15) is 16.8 Å². The highest BCUT2D eigenvalue weighted by atomic mass is 35.5. The molecule has 0 bridgehead atoms. The molecule has 7 heteroatoms. The van der Waals surface area contributed by atoms with Crippen molar-refractivity contribution >= 4 is 23.3 Å². The van der Waals surface area contributed by atoms with Crippen molar-refractivity contribution in [1.29, 1.82) is 0 Å². The van der Waals surface area contributed by atoms with Crippen LogP contribution in [0.25, 0.3) is 0 Å². The van der Waals surface area contributed by atoms with Crippen LogP contribution in [0.1, 0.15) is 28.9 Å². The second-order valence-electron chi connectivity index (χ2n) is 4.46. The summed E-state index contributed by atoms with van der Waals surface area (Å²) in [4.78, 5) is 16.1. The van der Waals surface area contributed by atoms with Gasteiger partial charge >= 0.3 is 0 Å². The second kappa shape index (κ2) is 6.51. The zero-order valence-electron chi connectivity index (χ0n) is 11.2. The number of nitrogens with zero attached hydrogens (tertiary/aromatic N) is 1. The van der Waals surface area contributed by atoms with Gasteiger partial charge in [0.2, 0.25) is 0 Å². The van der Waals surface area contributed by atoms with E-state index in [0.29, 0.717) is 11.1 Å². The van der Waals surface area contributed by atoms with E-state index in [2.05, 4.69) is 15.7 Å². The maximum Gasteiger partial charge on any atom is 0.251 e. The van der Waals surface area contributed by atoms with E-state index in [0.717, 1.165) is 0 Å². The third-order valence-corrected chi connectivity index (χ3v) is 3.09. The molecule has 0 spiro atoms. The number of pyridine rings is 1. The number of carbonyl (C=O) groups is 1. The summed E-state index contributed by atoms with van der Waals surface area (Å²) in [7, 11) is 0. The molecule has 2 rings (SSSR count). The van der Waals surface area contributed by atoms with Crippen LogP contribution in [0.4, 0.5) is 10.2 Å². The molecule has 1 aromatic carbocycles. The molecule has 1 amide bonds. The fourth-order valence-corrected chi connectivity index (χ4v) is 2.05. The molecule has 1 atom stereocenters. The highest BCUT2D eigenvalue weighted by Crippen LogP contribution is 2.17. The minimum Gasteiger partial charge on any atom is -0.346 e. The summed E-state index contributed by atoms with van der Waals surface area (Å²) in [6, 6.07) is 8.59. The fourth-order valence-electron chi connectivity index (χ4n) is 1.84. The van der Waals surface area contributed by atoms with E-state index >= 15 is 0 Å². The first-order valence-corrected chi connectivity index (χ1v) is 6.58. The van der Waals surface area contributed by atoms with E-state index in [1.807, 2.05) is 0 Å². The molecule has 0 aliphatic rings. The lowest BCUT2D eigenvalue weighted by atomic mass is 10.1. The summed E-state index contributed by atoms with van der Waals surface area (Å²) < 4.78 is 13.2. The van der Waals surface area contributed by atoms with Gasteiger partial charge < -0.3 is 10.7 Å². The van der Waals surface area contributed by atoms with Crippen LogP contribution in [-0.2, 0) is 0 Å². The first kappa shape index (κ1) is 15.2. The molecule has 1 aromatic heterocycles. The van der Waals surface area contributed by atoms with Crippen molar-refractivity contribution in [1.82, 2.24) is 10.3 Å². The Morgan fingerprint density at radius 2 is 2.14 bits per heavy atom. The van der Waals surface area contributed by atoms with Crippen molar-refractivity contribution in [2.75, 3.05) is 5.43 Å². The Balaban J connectivity index is 2.16. The van der Waals surface area contributed by atoms with Crippen LogP contribution in [0.5, 0.6) is 0 Å². The normalized spacial score (nSPS) is 11.8. The van der Waals surface area contributed by atoms with Crippen LogP contribution in [0.15, 0.2) is 36.4 Å². The van der Waals surface area contributed by atoms with Gasteiger partial charge in [-0.25, -0.2) is 15.2 Å². The molecule has 0 fully saturated rings. The fraction of sp³-hybridized carbons (Fsp3) is 0.143. The topological polar surface area (TPSA) is 80.0 Å². The van der Waals surface area contributed by atoms with Crippen molar-refractivity contribution in [2.24, 2.45) is 5.84 Å². The Kier molecular flexibility index (Phi) is 4.72. The first-order valence-electron chi connectivity index (χ1n) is 6.20. The Labute approximate surface area is 126 Å². The van der Waals surface area contributed by atoms with E-state index in [1.165, 1.54) is 24.3 Å². The van der Waals surface area contributed by atoms with E-state index in [4.69, 9.17) is 17.4 Å². The number of halogens is 2. The number of carbonyl (C=O) groups excluding carboxylic acids is 1. The molecule has 0 radical (unpaired) electrons. The maximum atomic E-state index is 13.2. The monoisotopic (exact) mass is 308 g/mol. The molecule has 0 aliphatic heterocycles. The summed E-state index contributed by atoms with van der Waals surface area (Å²) in [6.07, 6.45) is 0. The molecule has 0 saturated heterocycles. The summed E-state index contributed by atoms with van der Waals surface area (Å²) in [5.74, 6) is 4.83. The van der Waals surface area contributed by atoms with Crippen LogP contribution in [0.3, 0.4) is 0 Å². The van der Waals surface area contributed by atoms with E-state index < -0.39 is 0 Å². The molecule has 0 aliphatic carbocycles. The Bertz CT molecular complexity index is 665. The maximum absolute atomic E-state index is 13.2. The third-order valence-electron chi connectivity index (χ3n) is 2.90. The van der Waals surface area contributed by atoms with Gasteiger partial charge in [-0.1, -0.05) is 23.7 Å². The molecule has 1 heterocycles. The third kappa shape index (κ3) is 3.90. The SMILES string of the molecule is CC(NC(=O)c1cc(Cl)nc(NN)c1)c1cccc(F)c1. The first-order chi connectivity index (χ1) is 9.99. The van der Waals surface area contributed by atoms with Crippen molar-refractivity contribution < 1.29 is 9.18 Å². The number of hydrogen-bond acceptors (Lipinski definition) is 4. The number of hydrazine groups is 1. The lowest BCUT2D eigenvalue weighted by molar-refractivity contribution is 0.0939. The summed E-state index contributed by atoms with van der Waals surface area (Å²) in [5, 5.41) is 2.90. The molecule has 21 heavy (non-hydrogen) atoms. The van der Waals surface area contributed by atoms with E-state index in [1.54, 1.807) is 19.1 Å². The smallest absolute Gasteiger partial charge is 0.251 e. The standard InChI is InChI=1S/C14H14ClFN4O/c1-8(9-3-2-4-11(16)5-9)18-14(21)10-6-12(15)19-13(7-10)20-17/h2-8H,17H2,1H3,(H,18,21)(H,19,20). The van der Waals surface area contributed by atoms with Crippen LogP contribution >= 0.6 is 11.6 Å². The van der Waals surface area contributed by atoms with Crippen molar-refractivity contribution in [3.05, 3.63) is 58.5 Å². The number of hydrogen-bond donors (Lipinski definition) is 3. The van der Waals surface area contributed by atoms with Gasteiger partial charge in [0, 0.05) is 5.56 Å². The summed E-state index contributed by atoms with van der Waals surface area (Å²) in [6.45, 7) is 1.76. The molecule has 2 aromatic rings. The number of benzene rings is 1. The molecular weight excluding hydrogens is 295 g/mol. The number of nitrogen functional groups attached to an aromatic ring is 1. The minimum absolute atomic E-state index is 0.147. The van der Waals surface area contributed by atoms with Gasteiger partial charge in [0.15, 0.2) is 0 Å². The number of rotatable bonds is 4. The molecule has 1 unspecified atom stereocenters. The Hall–Kier alpha value is -2.18. The number of nitrogens with two attached hydrogens (primary N) is 1. The molecule has 5 nitrogen and oxygen atoms in total. The number of nitrogens with one attached hydrogen (secondary N) is 2. The van der Waals surface area contributed by atoms with Crippen molar-refractivity contribution in [2.45, 2.75) is 13.0 Å². The predicted octanol–water partition coefficient (Wildman–Crippen LogP) is 2.65. The number of anilines is 1. The average molecular weight is 309 g/mol. The number of aromatic nitrogens is 1. The van der Waals surface area contributed by atoms with Crippen molar-refractivity contribution in [3.63, 3.8) is 0 Å². The lowest BCUT2D eigenvalue weighted by Gasteiger charge is -2.15. The van der Waals surface area contributed by atoms with E-state index in [9.17, 15) is 9.18 Å². The van der Waals surface area contributed by atoms with Gasteiger partial charge in [-0.15, -0.1) is 0 Å².